The number of hydrogen-bond acceptors (Lipinski definition) is 36. The highest BCUT2D eigenvalue weighted by Gasteiger charge is 2.59. The van der Waals surface area contributed by atoms with Gasteiger partial charge in [0.1, 0.15) is 110 Å². The summed E-state index contributed by atoms with van der Waals surface area (Å²) in [6, 6.07) is -5.73. The van der Waals surface area contributed by atoms with E-state index >= 15 is 0 Å². The number of amides is 1. The van der Waals surface area contributed by atoms with E-state index in [-0.39, 0.29) is 0 Å². The van der Waals surface area contributed by atoms with E-state index in [0.29, 0.717) is 6.08 Å². The zero-order valence-corrected chi connectivity index (χ0v) is 45.6. The van der Waals surface area contributed by atoms with Crippen LogP contribution >= 0.6 is 0 Å². The molecule has 6 aliphatic rings. The predicted octanol–water partition coefficient (Wildman–Crippen LogP) is -12.5. The van der Waals surface area contributed by atoms with Crippen molar-refractivity contribution >= 4 is 55.0 Å². The Kier molecular flexibility index (Phi) is 23.4. The summed E-state index contributed by atoms with van der Waals surface area (Å²) in [6.07, 6.45) is -56.5. The minimum absolute atomic E-state index is 0.545. The number of carboxylic acids is 3. The molecule has 0 aromatic heterocycles. The second kappa shape index (κ2) is 28.3. The van der Waals surface area contributed by atoms with Gasteiger partial charge >= 0.3 is 49.1 Å². The Morgan fingerprint density at radius 2 is 0.859 bits per heavy atom. The van der Waals surface area contributed by atoms with Gasteiger partial charge < -0.3 is 135 Å². The van der Waals surface area contributed by atoms with Crippen LogP contribution in [0.15, 0.2) is 11.8 Å². The predicted molar refractivity (Wildman–Crippen MR) is 251 cm³/mol. The normalized spacial score (nSPS) is 43.0. The molecule has 0 radical (unpaired) electrons. The third kappa shape index (κ3) is 17.3. The molecule has 20 N–H and O–H groups in total. The minimum Gasteiger partial charge on any atom is -0.479 e. The first-order valence-electron chi connectivity index (χ1n) is 24.2. The van der Waals surface area contributed by atoms with Crippen LogP contribution < -0.4 is 16.8 Å². The molecule has 0 aromatic carbocycles. The Balaban J connectivity index is 1.22. The van der Waals surface area contributed by atoms with Crippen molar-refractivity contribution in [3.8, 4) is 0 Å². The van der Waals surface area contributed by atoms with Gasteiger partial charge in [0, 0.05) is 14.0 Å². The van der Waals surface area contributed by atoms with E-state index in [0.717, 1.165) is 14.0 Å². The maximum absolute atomic E-state index is 12.9. The lowest BCUT2D eigenvalue weighted by molar-refractivity contribution is -0.376. The SMILES string of the molecule is COC1O[C@H](COS(=O)(=O)O)[C@@H](O[C@@H]2O[C@@H](C(=O)O)[C@@H](O[C@H]3O[C@H](COS(=O)(=O)O)[C@@H](O[C@@H]4O[C@H](C(=O)O)[C@@H](O[C@H]5O[C@H](COS(=O)(=O)O)[C@@H](O[C@@H]6OC(C(=O)O)=C[C@H](O)[C@H]6O)[C@H](O)[C@H]5NC(C)=O)[C@H](O)[C@H]4O)[C@H](O)[C@H]3N)[C@H](O)[C@H]2O)[C@H](O)[C@H]1N. The van der Waals surface area contributed by atoms with Crippen molar-refractivity contribution < 1.29 is 189 Å². The number of carbonyl (C=O) groups excluding carboxylic acids is 1. The summed E-state index contributed by atoms with van der Waals surface area (Å²) in [4.78, 5) is 49.6. The molecule has 6 heterocycles. The van der Waals surface area contributed by atoms with E-state index in [1.54, 1.807) is 0 Å². The van der Waals surface area contributed by atoms with Crippen LogP contribution in [0.3, 0.4) is 0 Å². The smallest absolute Gasteiger partial charge is 0.397 e. The fourth-order valence-electron chi connectivity index (χ4n) is 9.26. The molecule has 43 nitrogen and oxygen atoms in total. The summed E-state index contributed by atoms with van der Waals surface area (Å²) < 4.78 is 176. The fraction of sp³-hybridized carbons (Fsp3) is 0.846. The average molecular weight is 1310 g/mol. The Morgan fingerprint density at radius 1 is 0.494 bits per heavy atom. The lowest BCUT2D eigenvalue weighted by Gasteiger charge is -2.50. The lowest BCUT2D eigenvalue weighted by Crippen LogP contribution is -2.70. The first-order valence-corrected chi connectivity index (χ1v) is 28.3. The lowest BCUT2D eigenvalue weighted by atomic mass is 9.94. The number of rotatable bonds is 24. The topological polar surface area (TPSA) is 677 Å². The molecule has 6 aliphatic heterocycles. The van der Waals surface area contributed by atoms with Crippen LogP contribution in [0.2, 0.25) is 0 Å². The first-order chi connectivity index (χ1) is 39.3. The molecule has 5 saturated heterocycles. The molecule has 6 rings (SSSR count). The second-order valence-electron chi connectivity index (χ2n) is 19.1. The highest BCUT2D eigenvalue weighted by molar-refractivity contribution is 7.81. The molecule has 0 spiro atoms. The zero-order valence-electron chi connectivity index (χ0n) is 43.2. The van der Waals surface area contributed by atoms with Crippen molar-refractivity contribution in [2.45, 2.75) is 179 Å². The minimum atomic E-state index is -5.50. The third-order valence-corrected chi connectivity index (χ3v) is 14.6. The quantitative estimate of drug-likeness (QED) is 0.0399. The number of carboxylic acid groups (broad SMARTS) is 3. The van der Waals surface area contributed by atoms with E-state index in [1.807, 2.05) is 0 Å². The number of nitrogens with one attached hydrogen (secondary N) is 1. The zero-order chi connectivity index (χ0) is 63.7. The van der Waals surface area contributed by atoms with Gasteiger partial charge in [0.2, 0.25) is 18.0 Å². The summed E-state index contributed by atoms with van der Waals surface area (Å²) in [5, 5.41) is 133. The van der Waals surface area contributed by atoms with Gasteiger partial charge in [0.25, 0.3) is 0 Å². The maximum atomic E-state index is 12.9. The van der Waals surface area contributed by atoms with E-state index < -0.39 is 252 Å². The monoisotopic (exact) mass is 1310 g/mol. The molecule has 0 bridgehead atoms. The molecular formula is C39H61N3O40S3. The fourth-order valence-corrected chi connectivity index (χ4v) is 10.2. The standard InChI is InChI=1S/C39H61N3O40S3/c1-7(43)42-15-19(48)26(78-37-16(45)8(44)3-9(72-37)31(53)54)12(6-71-85(65,66)67)75-36(15)80-28-21(50)23(52)39(82-30(28)33(57)58)77-25-11(5-70-84(62,63)64)74-35(14(41)18(25)47)79-27-20(49)22(51)38(81-29(27)32(55)56)76-24-10(4-69-83(59,60)61)73-34(68-2)13(40)17(24)46/h3,8,10-30,34-39,44-52H,4-6,40-41H2,1-2H3,(H,42,43)(H,53,54)(H,55,56)(H,57,58)(H,59,60,61)(H,62,63,64)(H,65,66,67)/t8-,10+,11+,12+,13+,14+,15+,16+,17+,18+,19+,20+,21+,22+,23+,24+,25+,26+,27-,28-,29+,30-,34?,35+,36+,37-,38+,39+/m0/s1. The molecule has 5 fully saturated rings. The van der Waals surface area contributed by atoms with E-state index in [1.165, 1.54) is 0 Å². The largest absolute Gasteiger partial charge is 0.479 e. The molecular weight excluding hydrogens is 1250 g/mol. The Labute approximate surface area is 477 Å². The average Bonchev–Trinajstić information content (AvgIpc) is 1.21. The summed E-state index contributed by atoms with van der Waals surface area (Å²) in [5.41, 5.74) is 12.1. The molecule has 28 atom stereocenters. The van der Waals surface area contributed by atoms with Crippen LogP contribution in [0.4, 0.5) is 0 Å². The molecule has 0 saturated carbocycles. The number of methoxy groups -OCH3 is 1. The van der Waals surface area contributed by atoms with Crippen LogP contribution in [-0.2, 0) is 120 Å². The van der Waals surface area contributed by atoms with Crippen LogP contribution in [-0.4, -0.2) is 323 Å². The van der Waals surface area contributed by atoms with E-state index in [4.69, 9.17) is 72.9 Å². The Bertz CT molecular complexity index is 2710. The Hall–Kier alpha value is -3.85. The second-order valence-corrected chi connectivity index (χ2v) is 22.4. The Morgan fingerprint density at radius 3 is 1.25 bits per heavy atom. The molecule has 0 aliphatic carbocycles. The van der Waals surface area contributed by atoms with Crippen molar-refractivity contribution in [3.05, 3.63) is 11.8 Å². The summed E-state index contributed by atoms with van der Waals surface area (Å²) in [7, 11) is -15.1. The van der Waals surface area contributed by atoms with Crippen molar-refractivity contribution in [3.63, 3.8) is 0 Å². The van der Waals surface area contributed by atoms with Gasteiger partial charge in [0.05, 0.1) is 31.9 Å². The van der Waals surface area contributed by atoms with Gasteiger partial charge in [-0.25, -0.2) is 26.9 Å². The summed E-state index contributed by atoms with van der Waals surface area (Å²) >= 11 is 0. The van der Waals surface area contributed by atoms with E-state index in [9.17, 15) is 115 Å². The van der Waals surface area contributed by atoms with Gasteiger partial charge in [-0.3, -0.25) is 18.5 Å². The number of aliphatic hydroxyl groups excluding tert-OH is 9. The van der Waals surface area contributed by atoms with Crippen molar-refractivity contribution in [1.82, 2.24) is 5.32 Å². The number of nitrogens with two attached hydrogens (primary N) is 2. The van der Waals surface area contributed by atoms with E-state index in [2.05, 4.69) is 17.9 Å². The number of aliphatic hydroxyl groups is 9. The summed E-state index contributed by atoms with van der Waals surface area (Å²) in [6.45, 7) is -3.17. The van der Waals surface area contributed by atoms with Crippen LogP contribution in [0.25, 0.3) is 0 Å². The number of aliphatic carboxylic acids is 3. The number of carbonyl (C=O) groups is 4. The number of hydrogen-bond donors (Lipinski definition) is 18. The summed E-state index contributed by atoms with van der Waals surface area (Å²) in [5.74, 6) is -8.00. The highest BCUT2D eigenvalue weighted by Crippen LogP contribution is 2.37. The van der Waals surface area contributed by atoms with Crippen LogP contribution in [0, 0.1) is 0 Å². The molecule has 1 amide bonds. The number of ether oxygens (including phenoxy) is 12. The molecule has 46 heteroatoms. The third-order valence-electron chi connectivity index (χ3n) is 13.3. The van der Waals surface area contributed by atoms with Gasteiger partial charge in [-0.1, -0.05) is 0 Å². The van der Waals surface area contributed by atoms with Gasteiger partial charge in [0.15, 0.2) is 43.7 Å². The molecule has 1 unspecified atom stereocenters. The highest BCUT2D eigenvalue weighted by atomic mass is 32.3. The molecule has 490 valence electrons. The van der Waals surface area contributed by atoms with Gasteiger partial charge in [-0.05, 0) is 6.08 Å². The maximum Gasteiger partial charge on any atom is 0.397 e. The van der Waals surface area contributed by atoms with Gasteiger partial charge in [-0.2, -0.15) is 25.3 Å². The van der Waals surface area contributed by atoms with Crippen molar-refractivity contribution in [1.29, 1.82) is 0 Å². The molecule has 85 heavy (non-hydrogen) atoms. The van der Waals surface area contributed by atoms with Gasteiger partial charge in [-0.15, -0.1) is 0 Å². The first kappa shape index (κ1) is 70.2. The van der Waals surface area contributed by atoms with Crippen LogP contribution in [0.5, 0.6) is 0 Å². The van der Waals surface area contributed by atoms with Crippen molar-refractivity contribution in [2.24, 2.45) is 11.5 Å². The van der Waals surface area contributed by atoms with Crippen LogP contribution in [0.1, 0.15) is 6.92 Å². The molecule has 0 aromatic rings. The van der Waals surface area contributed by atoms with Crippen molar-refractivity contribution in [2.75, 3.05) is 26.9 Å².